The van der Waals surface area contributed by atoms with E-state index in [1.165, 1.54) is 18.9 Å². The van der Waals surface area contributed by atoms with Crippen molar-refractivity contribution in [2.24, 2.45) is 11.8 Å². The SMILES string of the molecule is O=C(C1CC1c1cccc(F)c1F)N1CCC(NCC2CC2)CC1. The summed E-state index contributed by atoms with van der Waals surface area (Å²) >= 11 is 0. The Kier molecular flexibility index (Phi) is 4.29. The van der Waals surface area contributed by atoms with Gasteiger partial charge in [-0.2, -0.15) is 0 Å². The van der Waals surface area contributed by atoms with Crippen LogP contribution >= 0.6 is 0 Å². The molecule has 2 aliphatic carbocycles. The van der Waals surface area contributed by atoms with E-state index in [0.717, 1.165) is 44.5 Å². The Morgan fingerprint density at radius 3 is 2.62 bits per heavy atom. The van der Waals surface area contributed by atoms with Crippen LogP contribution in [0.5, 0.6) is 0 Å². The third-order valence-electron chi connectivity index (χ3n) is 5.69. The molecule has 0 radical (unpaired) electrons. The average molecular weight is 334 g/mol. The van der Waals surface area contributed by atoms with E-state index in [0.29, 0.717) is 18.0 Å². The lowest BCUT2D eigenvalue weighted by Crippen LogP contribution is -2.46. The minimum Gasteiger partial charge on any atom is -0.342 e. The molecule has 1 aliphatic heterocycles. The predicted octanol–water partition coefficient (Wildman–Crippen LogP) is 3.06. The van der Waals surface area contributed by atoms with Gasteiger partial charge in [-0.25, -0.2) is 8.78 Å². The van der Waals surface area contributed by atoms with Crippen molar-refractivity contribution in [3.63, 3.8) is 0 Å². The summed E-state index contributed by atoms with van der Waals surface area (Å²) in [6.07, 6.45) is 5.32. The van der Waals surface area contributed by atoms with Crippen LogP contribution in [0.25, 0.3) is 0 Å². The van der Waals surface area contributed by atoms with Crippen molar-refractivity contribution in [1.29, 1.82) is 0 Å². The average Bonchev–Trinajstić information content (AvgIpc) is 3.49. The number of nitrogens with zero attached hydrogens (tertiary/aromatic N) is 1. The zero-order valence-electron chi connectivity index (χ0n) is 13.8. The topological polar surface area (TPSA) is 32.3 Å². The molecule has 3 nitrogen and oxygen atoms in total. The molecule has 1 aromatic rings. The first kappa shape index (κ1) is 16.0. The van der Waals surface area contributed by atoms with Crippen LogP contribution in [0.2, 0.25) is 0 Å². The standard InChI is InChI=1S/C19H24F2N2O/c20-17-3-1-2-14(18(17)21)15-10-16(15)19(24)23-8-6-13(7-9-23)22-11-12-4-5-12/h1-3,12-13,15-16,22H,4-11H2. The van der Waals surface area contributed by atoms with Crippen LogP contribution in [-0.4, -0.2) is 36.5 Å². The fourth-order valence-electron chi connectivity index (χ4n) is 3.81. The van der Waals surface area contributed by atoms with E-state index in [-0.39, 0.29) is 17.7 Å². The summed E-state index contributed by atoms with van der Waals surface area (Å²) in [4.78, 5) is 14.5. The molecule has 3 fully saturated rings. The van der Waals surface area contributed by atoms with E-state index in [1.807, 2.05) is 4.90 Å². The lowest BCUT2D eigenvalue weighted by atomic mass is 10.0. The highest BCUT2D eigenvalue weighted by Gasteiger charge is 2.47. The van der Waals surface area contributed by atoms with Crippen LogP contribution in [-0.2, 0) is 4.79 Å². The Labute approximate surface area is 141 Å². The van der Waals surface area contributed by atoms with Gasteiger partial charge in [0.2, 0.25) is 5.91 Å². The van der Waals surface area contributed by atoms with Gasteiger partial charge in [0.15, 0.2) is 11.6 Å². The Hall–Kier alpha value is -1.49. The summed E-state index contributed by atoms with van der Waals surface area (Å²) in [5.74, 6) is -0.951. The lowest BCUT2D eigenvalue weighted by Gasteiger charge is -2.33. The van der Waals surface area contributed by atoms with E-state index in [2.05, 4.69) is 5.32 Å². The van der Waals surface area contributed by atoms with Gasteiger partial charge < -0.3 is 10.2 Å². The Bertz CT molecular complexity index is 624. The quantitative estimate of drug-likeness (QED) is 0.898. The first-order valence-electron chi connectivity index (χ1n) is 9.09. The zero-order chi connectivity index (χ0) is 16.7. The van der Waals surface area contributed by atoms with Crippen molar-refractivity contribution in [2.75, 3.05) is 19.6 Å². The molecule has 3 aliphatic rings. The van der Waals surface area contributed by atoms with Crippen LogP contribution in [0.3, 0.4) is 0 Å². The third kappa shape index (κ3) is 3.32. The molecule has 1 heterocycles. The molecule has 0 bridgehead atoms. The van der Waals surface area contributed by atoms with Gasteiger partial charge in [-0.05, 0) is 62.1 Å². The number of halogens is 2. The van der Waals surface area contributed by atoms with Crippen LogP contribution < -0.4 is 5.32 Å². The molecule has 130 valence electrons. The maximum atomic E-state index is 13.9. The van der Waals surface area contributed by atoms with Crippen molar-refractivity contribution in [1.82, 2.24) is 10.2 Å². The molecule has 1 amide bonds. The Morgan fingerprint density at radius 2 is 1.92 bits per heavy atom. The number of amides is 1. The minimum atomic E-state index is -0.826. The number of hydrogen-bond acceptors (Lipinski definition) is 2. The second-order valence-corrected chi connectivity index (χ2v) is 7.54. The summed E-state index contributed by atoms with van der Waals surface area (Å²) in [6, 6.07) is 4.76. The molecule has 5 heteroatoms. The van der Waals surface area contributed by atoms with Gasteiger partial charge in [-0.1, -0.05) is 12.1 Å². The molecule has 1 aromatic carbocycles. The summed E-state index contributed by atoms with van der Waals surface area (Å²) in [6.45, 7) is 2.66. The van der Waals surface area contributed by atoms with Crippen LogP contribution in [0.4, 0.5) is 8.78 Å². The first-order valence-corrected chi connectivity index (χ1v) is 9.09. The highest BCUT2D eigenvalue weighted by molar-refractivity contribution is 5.83. The van der Waals surface area contributed by atoms with Crippen LogP contribution in [0.15, 0.2) is 18.2 Å². The molecular weight excluding hydrogens is 310 g/mol. The number of benzene rings is 1. The minimum absolute atomic E-state index is 0.115. The molecule has 1 saturated heterocycles. The largest absolute Gasteiger partial charge is 0.342 e. The molecule has 0 aromatic heterocycles. The van der Waals surface area contributed by atoms with E-state index in [4.69, 9.17) is 0 Å². The maximum Gasteiger partial charge on any atom is 0.226 e. The molecule has 4 rings (SSSR count). The van der Waals surface area contributed by atoms with Gasteiger partial charge in [0, 0.05) is 25.0 Å². The van der Waals surface area contributed by atoms with Crippen molar-refractivity contribution in [2.45, 2.75) is 44.1 Å². The smallest absolute Gasteiger partial charge is 0.226 e. The van der Waals surface area contributed by atoms with Crippen molar-refractivity contribution < 1.29 is 13.6 Å². The van der Waals surface area contributed by atoms with Gasteiger partial charge >= 0.3 is 0 Å². The number of carbonyl (C=O) groups is 1. The normalized spacial score (nSPS) is 27.3. The zero-order valence-corrected chi connectivity index (χ0v) is 13.8. The predicted molar refractivity (Wildman–Crippen MR) is 87.5 cm³/mol. The second kappa shape index (κ2) is 6.43. The molecule has 2 atom stereocenters. The number of hydrogen-bond donors (Lipinski definition) is 1. The van der Waals surface area contributed by atoms with Crippen molar-refractivity contribution in [3.8, 4) is 0 Å². The van der Waals surface area contributed by atoms with E-state index in [9.17, 15) is 13.6 Å². The molecule has 1 N–H and O–H groups in total. The van der Waals surface area contributed by atoms with Gasteiger partial charge in [0.1, 0.15) is 0 Å². The molecule has 0 spiro atoms. The number of likely N-dealkylation sites (tertiary alicyclic amines) is 1. The van der Waals surface area contributed by atoms with Crippen LogP contribution in [0, 0.1) is 23.5 Å². The molecule has 2 saturated carbocycles. The van der Waals surface area contributed by atoms with Gasteiger partial charge in [-0.15, -0.1) is 0 Å². The summed E-state index contributed by atoms with van der Waals surface area (Å²) < 4.78 is 27.2. The summed E-state index contributed by atoms with van der Waals surface area (Å²) in [7, 11) is 0. The van der Waals surface area contributed by atoms with E-state index < -0.39 is 11.6 Å². The van der Waals surface area contributed by atoms with Crippen molar-refractivity contribution >= 4 is 5.91 Å². The van der Waals surface area contributed by atoms with Gasteiger partial charge in [0.25, 0.3) is 0 Å². The third-order valence-corrected chi connectivity index (χ3v) is 5.69. The maximum absolute atomic E-state index is 13.9. The Morgan fingerprint density at radius 1 is 1.17 bits per heavy atom. The first-order chi connectivity index (χ1) is 11.6. The van der Waals surface area contributed by atoms with Crippen LogP contribution in [0.1, 0.15) is 43.6 Å². The molecule has 2 unspecified atom stereocenters. The van der Waals surface area contributed by atoms with E-state index >= 15 is 0 Å². The molecular formula is C19H24F2N2O. The second-order valence-electron chi connectivity index (χ2n) is 7.54. The summed E-state index contributed by atoms with van der Waals surface area (Å²) in [5.41, 5.74) is 0.356. The highest BCUT2D eigenvalue weighted by Crippen LogP contribution is 2.49. The van der Waals surface area contributed by atoms with E-state index in [1.54, 1.807) is 6.07 Å². The fourth-order valence-corrected chi connectivity index (χ4v) is 3.81. The van der Waals surface area contributed by atoms with Crippen molar-refractivity contribution in [3.05, 3.63) is 35.4 Å². The lowest BCUT2D eigenvalue weighted by molar-refractivity contribution is -0.133. The fraction of sp³-hybridized carbons (Fsp3) is 0.632. The molecule has 24 heavy (non-hydrogen) atoms. The number of carbonyl (C=O) groups excluding carboxylic acids is 1. The summed E-state index contributed by atoms with van der Waals surface area (Å²) in [5, 5.41) is 3.61. The monoisotopic (exact) mass is 334 g/mol. The highest BCUT2D eigenvalue weighted by atomic mass is 19.2. The Balaban J connectivity index is 1.29. The van der Waals surface area contributed by atoms with Gasteiger partial charge in [0.05, 0.1) is 0 Å². The number of piperidine rings is 1. The van der Waals surface area contributed by atoms with Gasteiger partial charge in [-0.3, -0.25) is 4.79 Å². The number of nitrogens with one attached hydrogen (secondary N) is 1. The number of rotatable bonds is 5.